The van der Waals surface area contributed by atoms with Gasteiger partial charge in [-0.25, -0.2) is 0 Å². The molecule has 0 bridgehead atoms. The van der Waals surface area contributed by atoms with Gasteiger partial charge in [0.1, 0.15) is 6.10 Å². The Hall–Kier alpha value is -2.28. The van der Waals surface area contributed by atoms with E-state index in [4.69, 9.17) is 4.74 Å². The zero-order valence-electron chi connectivity index (χ0n) is 24.6. The number of amides is 1. The van der Waals surface area contributed by atoms with E-state index in [0.717, 1.165) is 44.1 Å². The first kappa shape index (κ1) is 36.9. The van der Waals surface area contributed by atoms with Crippen LogP contribution < -0.4 is 5.32 Å². The van der Waals surface area contributed by atoms with Crippen LogP contribution in [0.3, 0.4) is 0 Å². The predicted molar refractivity (Wildman–Crippen MR) is 159 cm³/mol. The molecule has 0 aromatic rings. The fourth-order valence-electron chi connectivity index (χ4n) is 3.55. The van der Waals surface area contributed by atoms with Crippen LogP contribution in [-0.2, 0) is 9.53 Å². The molecule has 0 radical (unpaired) electrons. The maximum Gasteiger partial charge on any atom is 0.244 e. The number of aliphatic imine (C=N–C) groups is 1. The van der Waals surface area contributed by atoms with Crippen LogP contribution in [0.25, 0.3) is 0 Å². The summed E-state index contributed by atoms with van der Waals surface area (Å²) in [5, 5.41) is 23.8. The zero-order valence-corrected chi connectivity index (χ0v) is 24.6. The normalized spacial score (nSPS) is 30.7. The topological polar surface area (TPSA) is 91.2 Å². The number of hydrogen-bond acceptors (Lipinski definition) is 5. The van der Waals surface area contributed by atoms with Crippen molar-refractivity contribution < 1.29 is 19.7 Å². The van der Waals surface area contributed by atoms with Crippen LogP contribution in [0.5, 0.6) is 0 Å². The molecule has 1 heterocycles. The molecule has 5 atom stereocenters. The molecule has 0 saturated carbocycles. The number of carbonyl (C=O) groups excluding carboxylic acids is 1. The number of ether oxygens (including phenoxy) is 1. The summed E-state index contributed by atoms with van der Waals surface area (Å²) >= 11 is 0. The number of aliphatic hydroxyl groups is 2. The molecule has 5 unspecified atom stereocenters. The fraction of sp³-hybridized carbons (Fsp3) is 0.613. The molecule has 6 heteroatoms. The van der Waals surface area contributed by atoms with E-state index in [2.05, 4.69) is 35.5 Å². The summed E-state index contributed by atoms with van der Waals surface area (Å²) in [4.78, 5) is 16.4. The summed E-state index contributed by atoms with van der Waals surface area (Å²) in [5.41, 5.74) is 1.09. The van der Waals surface area contributed by atoms with Gasteiger partial charge in [0.05, 0.1) is 6.10 Å². The van der Waals surface area contributed by atoms with E-state index >= 15 is 0 Å². The Morgan fingerprint density at radius 1 is 1.11 bits per heavy atom. The average molecular weight is 519 g/mol. The third-order valence-electron chi connectivity index (χ3n) is 5.50. The van der Waals surface area contributed by atoms with Crippen molar-refractivity contribution in [3.8, 4) is 0 Å². The molecule has 0 fully saturated rings. The Morgan fingerprint density at radius 2 is 1.81 bits per heavy atom. The molecule has 0 saturated heterocycles. The van der Waals surface area contributed by atoms with Crippen LogP contribution in [0.1, 0.15) is 87.0 Å². The molecule has 0 spiro atoms. The van der Waals surface area contributed by atoms with Gasteiger partial charge >= 0.3 is 0 Å². The summed E-state index contributed by atoms with van der Waals surface area (Å²) in [5.74, 6) is -0.330. The monoisotopic (exact) mass is 518 g/mol. The first-order valence-corrected chi connectivity index (χ1v) is 13.9. The lowest BCUT2D eigenvalue weighted by Gasteiger charge is -2.27. The lowest BCUT2D eigenvalue weighted by atomic mass is 9.98. The van der Waals surface area contributed by atoms with E-state index in [-0.39, 0.29) is 17.9 Å². The molecule has 212 valence electrons. The van der Waals surface area contributed by atoms with Crippen LogP contribution in [-0.4, -0.2) is 53.9 Å². The van der Waals surface area contributed by atoms with Crippen molar-refractivity contribution in [1.29, 1.82) is 0 Å². The zero-order chi connectivity index (χ0) is 28.5. The summed E-state index contributed by atoms with van der Waals surface area (Å²) in [6.45, 7) is 14.0. The molecule has 1 amide bonds. The average Bonchev–Trinajstić information content (AvgIpc) is 2.91. The fourth-order valence-corrected chi connectivity index (χ4v) is 3.55. The molecule has 1 rings (SSSR count). The number of nitrogens with zero attached hydrogens (tertiary/aromatic N) is 1. The summed E-state index contributed by atoms with van der Waals surface area (Å²) in [6.07, 6.45) is 21.0. The van der Waals surface area contributed by atoms with Gasteiger partial charge in [-0.1, -0.05) is 96.1 Å². The van der Waals surface area contributed by atoms with Crippen LogP contribution >= 0.6 is 0 Å². The van der Waals surface area contributed by atoms with Gasteiger partial charge in [0.25, 0.3) is 0 Å². The minimum absolute atomic E-state index is 0.0923. The van der Waals surface area contributed by atoms with Crippen molar-refractivity contribution in [1.82, 2.24) is 5.32 Å². The van der Waals surface area contributed by atoms with Crippen LogP contribution in [0, 0.1) is 5.92 Å². The van der Waals surface area contributed by atoms with E-state index < -0.39 is 18.4 Å². The van der Waals surface area contributed by atoms with Gasteiger partial charge in [0.2, 0.25) is 5.91 Å². The molecule has 1 aliphatic heterocycles. The second-order valence-electron chi connectivity index (χ2n) is 8.45. The van der Waals surface area contributed by atoms with Crippen LogP contribution in [0.2, 0.25) is 0 Å². The van der Waals surface area contributed by atoms with Gasteiger partial charge in [0.15, 0.2) is 6.23 Å². The first-order valence-electron chi connectivity index (χ1n) is 13.9. The number of carbonyl (C=O) groups is 1. The highest BCUT2D eigenvalue weighted by atomic mass is 16.5. The minimum Gasteiger partial charge on any atom is -0.386 e. The highest BCUT2D eigenvalue weighted by Gasteiger charge is 2.29. The van der Waals surface area contributed by atoms with Crippen molar-refractivity contribution in [2.24, 2.45) is 10.9 Å². The Balaban J connectivity index is 0. The summed E-state index contributed by atoms with van der Waals surface area (Å²) < 4.78 is 5.39. The number of allylic oxidation sites excluding steroid dienone is 7. The van der Waals surface area contributed by atoms with E-state index in [1.54, 1.807) is 18.2 Å². The standard InChI is InChI=1S/C27H42N2O4.2C2H6/c1-5-6-7-8-17-23-18-11-9-14-21(2)15-13-20-28-27(32)25(31)26(33-4)22(3)16-10-12-19-24(30)29-23;2*1-2/h7-8,10,12-16,19-20,22-23,25-27,31-32H,5-6,9,11,17-18H2,1-4H3,(H,29,30);2*1-2H3/b8-7+,15-13+,16-10+,19-12+,21-14+,28-20-;;. The van der Waals surface area contributed by atoms with Gasteiger partial charge < -0.3 is 20.3 Å². The van der Waals surface area contributed by atoms with Gasteiger partial charge in [0, 0.05) is 31.4 Å². The van der Waals surface area contributed by atoms with Crippen LogP contribution in [0.4, 0.5) is 0 Å². The Morgan fingerprint density at radius 3 is 2.46 bits per heavy atom. The second kappa shape index (κ2) is 25.4. The smallest absolute Gasteiger partial charge is 0.244 e. The van der Waals surface area contributed by atoms with Crippen molar-refractivity contribution in [2.45, 2.75) is 111 Å². The Bertz CT molecular complexity index is 737. The molecular formula is C31H54N2O4. The molecule has 0 aromatic carbocycles. The second-order valence-corrected chi connectivity index (χ2v) is 8.45. The SMILES string of the molecule is CC.CC.CCC/C=C/CC1CCC/C=C(C)/C=C/C=N\C(O)C(O)C(OC)C(C)/C=C/C=C/C(=O)N1. The highest BCUT2D eigenvalue weighted by Crippen LogP contribution is 2.16. The van der Waals surface area contributed by atoms with E-state index in [0.29, 0.717) is 0 Å². The molecule has 37 heavy (non-hydrogen) atoms. The lowest BCUT2D eigenvalue weighted by molar-refractivity contribution is -0.117. The first-order chi connectivity index (χ1) is 17.9. The largest absolute Gasteiger partial charge is 0.386 e. The molecule has 3 N–H and O–H groups in total. The summed E-state index contributed by atoms with van der Waals surface area (Å²) in [7, 11) is 1.49. The van der Waals surface area contributed by atoms with Gasteiger partial charge in [-0.15, -0.1) is 0 Å². The van der Waals surface area contributed by atoms with Crippen molar-refractivity contribution in [3.63, 3.8) is 0 Å². The molecule has 0 aromatic heterocycles. The Labute approximate surface area is 227 Å². The molecule has 1 aliphatic rings. The minimum atomic E-state index is -1.30. The number of methoxy groups -OCH3 is 1. The van der Waals surface area contributed by atoms with E-state index in [1.165, 1.54) is 19.4 Å². The predicted octanol–water partition coefficient (Wildman–Crippen LogP) is 6.47. The van der Waals surface area contributed by atoms with Gasteiger partial charge in [-0.2, -0.15) is 0 Å². The lowest BCUT2D eigenvalue weighted by Crippen LogP contribution is -2.41. The number of unbranched alkanes of at least 4 members (excludes halogenated alkanes) is 1. The number of nitrogens with one attached hydrogen (secondary N) is 1. The maximum absolute atomic E-state index is 12.4. The van der Waals surface area contributed by atoms with E-state index in [9.17, 15) is 15.0 Å². The number of rotatable bonds is 5. The van der Waals surface area contributed by atoms with Gasteiger partial charge in [-0.05, 0) is 45.1 Å². The van der Waals surface area contributed by atoms with Crippen molar-refractivity contribution in [3.05, 3.63) is 60.3 Å². The quantitative estimate of drug-likeness (QED) is 0.364. The maximum atomic E-state index is 12.4. The van der Waals surface area contributed by atoms with Crippen molar-refractivity contribution >= 4 is 12.1 Å². The van der Waals surface area contributed by atoms with Crippen LogP contribution in [0.15, 0.2) is 65.2 Å². The third-order valence-corrected chi connectivity index (χ3v) is 5.50. The molecule has 0 aliphatic carbocycles. The molecular weight excluding hydrogens is 464 g/mol. The van der Waals surface area contributed by atoms with Gasteiger partial charge in [-0.3, -0.25) is 9.79 Å². The summed E-state index contributed by atoms with van der Waals surface area (Å²) in [6, 6.07) is 0.0923. The number of hydrogen-bond donors (Lipinski definition) is 3. The Kier molecular flexibility index (Phi) is 25.3. The highest BCUT2D eigenvalue weighted by molar-refractivity contribution is 5.88. The van der Waals surface area contributed by atoms with Crippen molar-refractivity contribution in [2.75, 3.05) is 7.11 Å². The third kappa shape index (κ3) is 18.6. The number of aliphatic hydroxyl groups excluding tert-OH is 2. The molecule has 6 nitrogen and oxygen atoms in total. The van der Waals surface area contributed by atoms with E-state index in [1.807, 2.05) is 53.7 Å².